The molecular weight excluding hydrogens is 515 g/mol. The predicted octanol–water partition coefficient (Wildman–Crippen LogP) is 5.21. The SMILES string of the molecule is CCOC(=O)c1ccc(NC(=O)CN(c2cccc(F)c2)S(=O)(=O)c2ccc(SC)cc2)c(Cl)c1. The number of anilines is 2. The third kappa shape index (κ3) is 6.53. The maximum absolute atomic E-state index is 13.9. The van der Waals surface area contributed by atoms with E-state index in [1.807, 2.05) is 6.26 Å². The Kier molecular flexibility index (Phi) is 8.76. The minimum atomic E-state index is -4.22. The summed E-state index contributed by atoms with van der Waals surface area (Å²) in [6.45, 7) is 1.22. The van der Waals surface area contributed by atoms with Gasteiger partial charge in [0.1, 0.15) is 12.4 Å². The number of nitrogens with one attached hydrogen (secondary N) is 1. The summed E-state index contributed by atoms with van der Waals surface area (Å²) in [4.78, 5) is 25.5. The number of amides is 1. The molecule has 0 saturated carbocycles. The van der Waals surface area contributed by atoms with Crippen molar-refractivity contribution in [2.24, 2.45) is 0 Å². The van der Waals surface area contributed by atoms with Gasteiger partial charge in [-0.15, -0.1) is 11.8 Å². The van der Waals surface area contributed by atoms with Crippen LogP contribution < -0.4 is 9.62 Å². The Morgan fingerprint density at radius 3 is 2.40 bits per heavy atom. The average molecular weight is 537 g/mol. The van der Waals surface area contributed by atoms with Crippen molar-refractivity contribution in [3.63, 3.8) is 0 Å². The van der Waals surface area contributed by atoms with Crippen molar-refractivity contribution in [3.05, 3.63) is 83.1 Å². The van der Waals surface area contributed by atoms with E-state index >= 15 is 0 Å². The summed E-state index contributed by atoms with van der Waals surface area (Å²) in [6.07, 6.45) is 1.86. The summed E-state index contributed by atoms with van der Waals surface area (Å²) in [5, 5.41) is 2.61. The van der Waals surface area contributed by atoms with Gasteiger partial charge in [-0.05, 0) is 73.8 Å². The molecule has 3 aromatic carbocycles. The molecule has 0 radical (unpaired) electrons. The van der Waals surface area contributed by atoms with E-state index in [4.69, 9.17) is 16.3 Å². The van der Waals surface area contributed by atoms with E-state index in [0.717, 1.165) is 15.3 Å². The molecule has 0 aliphatic heterocycles. The Morgan fingerprint density at radius 2 is 1.80 bits per heavy atom. The highest BCUT2D eigenvalue weighted by atomic mass is 35.5. The van der Waals surface area contributed by atoms with Crippen molar-refractivity contribution < 1.29 is 27.1 Å². The zero-order chi connectivity index (χ0) is 25.6. The summed E-state index contributed by atoms with van der Waals surface area (Å²) in [5.74, 6) is -1.94. The first-order chi connectivity index (χ1) is 16.6. The molecule has 0 aliphatic carbocycles. The number of carbonyl (C=O) groups excluding carboxylic acids is 2. The third-order valence-corrected chi connectivity index (χ3v) is 7.63. The Balaban J connectivity index is 1.89. The summed E-state index contributed by atoms with van der Waals surface area (Å²) < 4.78 is 46.5. The molecular formula is C24H22ClFN2O5S2. The number of benzene rings is 3. The Labute approximate surface area is 212 Å². The fraction of sp³-hybridized carbons (Fsp3) is 0.167. The van der Waals surface area contributed by atoms with Crippen LogP contribution in [0, 0.1) is 5.82 Å². The predicted molar refractivity (Wildman–Crippen MR) is 135 cm³/mol. The largest absolute Gasteiger partial charge is 0.462 e. The van der Waals surface area contributed by atoms with E-state index in [-0.39, 0.29) is 33.5 Å². The fourth-order valence-corrected chi connectivity index (χ4v) is 5.15. The molecule has 1 amide bonds. The number of thioether (sulfide) groups is 1. The zero-order valence-corrected chi connectivity index (χ0v) is 21.2. The Morgan fingerprint density at radius 1 is 1.09 bits per heavy atom. The molecule has 35 heavy (non-hydrogen) atoms. The van der Waals surface area contributed by atoms with E-state index in [9.17, 15) is 22.4 Å². The molecule has 11 heteroatoms. The van der Waals surface area contributed by atoms with Gasteiger partial charge in [0.15, 0.2) is 0 Å². The number of sulfonamides is 1. The molecule has 0 saturated heterocycles. The van der Waals surface area contributed by atoms with Crippen LogP contribution in [0.25, 0.3) is 0 Å². The zero-order valence-electron chi connectivity index (χ0n) is 18.8. The summed E-state index contributed by atoms with van der Waals surface area (Å²) >= 11 is 7.65. The van der Waals surface area contributed by atoms with Gasteiger partial charge in [-0.25, -0.2) is 17.6 Å². The molecule has 3 rings (SSSR count). The molecule has 0 fully saturated rings. The number of hydrogen-bond acceptors (Lipinski definition) is 6. The molecule has 0 aliphatic rings. The van der Waals surface area contributed by atoms with Gasteiger partial charge in [-0.2, -0.15) is 0 Å². The maximum atomic E-state index is 13.9. The Hall–Kier alpha value is -3.08. The molecule has 1 N–H and O–H groups in total. The second-order valence-corrected chi connectivity index (χ2v) is 10.3. The van der Waals surface area contributed by atoms with Gasteiger partial charge in [0.25, 0.3) is 10.0 Å². The van der Waals surface area contributed by atoms with Crippen molar-refractivity contribution in [2.45, 2.75) is 16.7 Å². The van der Waals surface area contributed by atoms with Crippen LogP contribution in [0.5, 0.6) is 0 Å². The van der Waals surface area contributed by atoms with Crippen LogP contribution in [-0.4, -0.2) is 39.7 Å². The fourth-order valence-electron chi connectivity index (χ4n) is 3.10. The molecule has 0 heterocycles. The van der Waals surface area contributed by atoms with Crippen LogP contribution in [0.4, 0.5) is 15.8 Å². The number of rotatable bonds is 9. The van der Waals surface area contributed by atoms with Crippen molar-refractivity contribution >= 4 is 56.6 Å². The first kappa shape index (κ1) is 26.5. The van der Waals surface area contributed by atoms with Crippen LogP contribution in [0.15, 0.2) is 76.5 Å². The minimum Gasteiger partial charge on any atom is -0.462 e. The third-order valence-electron chi connectivity index (χ3n) is 4.79. The first-order valence-corrected chi connectivity index (χ1v) is 13.4. The molecule has 184 valence electrons. The highest BCUT2D eigenvalue weighted by Crippen LogP contribution is 2.27. The molecule has 0 spiro atoms. The van der Waals surface area contributed by atoms with Crippen molar-refractivity contribution in [1.29, 1.82) is 0 Å². The monoisotopic (exact) mass is 536 g/mol. The van der Waals surface area contributed by atoms with Crippen LogP contribution in [0.2, 0.25) is 5.02 Å². The lowest BCUT2D eigenvalue weighted by Crippen LogP contribution is -2.38. The van der Waals surface area contributed by atoms with Crippen LogP contribution >= 0.6 is 23.4 Å². The quantitative estimate of drug-likeness (QED) is 0.298. The second-order valence-electron chi connectivity index (χ2n) is 7.13. The second kappa shape index (κ2) is 11.6. The lowest BCUT2D eigenvalue weighted by atomic mass is 10.2. The minimum absolute atomic E-state index is 0.0159. The first-order valence-electron chi connectivity index (χ1n) is 10.3. The number of nitrogens with zero attached hydrogens (tertiary/aromatic N) is 1. The van der Waals surface area contributed by atoms with Gasteiger partial charge in [-0.1, -0.05) is 17.7 Å². The van der Waals surface area contributed by atoms with Gasteiger partial charge < -0.3 is 10.1 Å². The highest BCUT2D eigenvalue weighted by molar-refractivity contribution is 7.98. The Bertz CT molecular complexity index is 1330. The van der Waals surface area contributed by atoms with E-state index in [1.54, 1.807) is 19.1 Å². The van der Waals surface area contributed by atoms with Gasteiger partial charge in [0.05, 0.1) is 33.5 Å². The van der Waals surface area contributed by atoms with Crippen LogP contribution in [-0.2, 0) is 19.6 Å². The van der Waals surface area contributed by atoms with E-state index < -0.39 is 34.3 Å². The van der Waals surface area contributed by atoms with Gasteiger partial charge in [-0.3, -0.25) is 9.10 Å². The van der Waals surface area contributed by atoms with Gasteiger partial charge in [0.2, 0.25) is 5.91 Å². The number of carbonyl (C=O) groups is 2. The molecule has 0 aromatic heterocycles. The maximum Gasteiger partial charge on any atom is 0.338 e. The summed E-state index contributed by atoms with van der Waals surface area (Å²) in [5.41, 5.74) is 0.357. The van der Waals surface area contributed by atoms with Crippen LogP contribution in [0.1, 0.15) is 17.3 Å². The molecule has 0 bridgehead atoms. The van der Waals surface area contributed by atoms with Gasteiger partial charge >= 0.3 is 5.97 Å². The summed E-state index contributed by atoms with van der Waals surface area (Å²) in [6, 6.07) is 15.3. The lowest BCUT2D eigenvalue weighted by molar-refractivity contribution is -0.114. The van der Waals surface area contributed by atoms with Crippen molar-refractivity contribution in [2.75, 3.05) is 29.0 Å². The van der Waals surface area contributed by atoms with E-state index in [1.165, 1.54) is 60.3 Å². The molecule has 3 aromatic rings. The number of halogens is 2. The smallest absolute Gasteiger partial charge is 0.338 e. The van der Waals surface area contributed by atoms with Crippen LogP contribution in [0.3, 0.4) is 0 Å². The summed E-state index contributed by atoms with van der Waals surface area (Å²) in [7, 11) is -4.22. The average Bonchev–Trinajstić information content (AvgIpc) is 2.84. The number of esters is 1. The van der Waals surface area contributed by atoms with E-state index in [2.05, 4.69) is 5.32 Å². The van der Waals surface area contributed by atoms with Gasteiger partial charge in [0, 0.05) is 4.90 Å². The normalized spacial score (nSPS) is 11.1. The molecule has 7 nitrogen and oxygen atoms in total. The van der Waals surface area contributed by atoms with E-state index in [0.29, 0.717) is 0 Å². The topological polar surface area (TPSA) is 92.8 Å². The molecule has 0 atom stereocenters. The number of ether oxygens (including phenoxy) is 1. The lowest BCUT2D eigenvalue weighted by Gasteiger charge is -2.24. The molecule has 0 unspecified atom stereocenters. The number of hydrogen-bond donors (Lipinski definition) is 1. The standard InChI is InChI=1S/C24H22ClFN2O5S2/c1-3-33-24(30)16-7-12-22(21(25)13-16)27-23(29)15-28(18-6-4-5-17(26)14-18)35(31,32)20-10-8-19(34-2)9-11-20/h4-14H,3,15H2,1-2H3,(H,27,29). The highest BCUT2D eigenvalue weighted by Gasteiger charge is 2.28. The van der Waals surface area contributed by atoms with Crippen molar-refractivity contribution in [3.8, 4) is 0 Å². The van der Waals surface area contributed by atoms with Crippen molar-refractivity contribution in [1.82, 2.24) is 0 Å².